The Labute approximate surface area is 402 Å². The van der Waals surface area contributed by atoms with E-state index < -0.39 is 12.1 Å². The zero-order chi connectivity index (χ0) is 46.3. The molecular formula is C60H115NO3. The van der Waals surface area contributed by atoms with E-state index in [1.807, 2.05) is 6.08 Å². The van der Waals surface area contributed by atoms with Crippen molar-refractivity contribution in [3.63, 3.8) is 0 Å². The summed E-state index contributed by atoms with van der Waals surface area (Å²) in [6.45, 7) is 4.32. The van der Waals surface area contributed by atoms with Crippen molar-refractivity contribution in [2.24, 2.45) is 0 Å². The highest BCUT2D eigenvalue weighted by molar-refractivity contribution is 5.76. The molecule has 0 aliphatic heterocycles. The predicted octanol–water partition coefficient (Wildman–Crippen LogP) is 19.3. The van der Waals surface area contributed by atoms with Crippen LogP contribution in [-0.4, -0.2) is 34.9 Å². The number of carbonyl (C=O) groups excluding carboxylic acids is 1. The molecule has 0 spiro atoms. The van der Waals surface area contributed by atoms with E-state index in [-0.39, 0.29) is 12.5 Å². The number of rotatable bonds is 54. The van der Waals surface area contributed by atoms with Crippen LogP contribution >= 0.6 is 0 Å². The van der Waals surface area contributed by atoms with Gasteiger partial charge in [-0.15, -0.1) is 0 Å². The fraction of sp³-hybridized carbons (Fsp3) is 0.883. The Morgan fingerprint density at radius 1 is 0.359 bits per heavy atom. The summed E-state index contributed by atoms with van der Waals surface area (Å²) in [7, 11) is 0. The number of aliphatic hydroxyl groups is 2. The van der Waals surface area contributed by atoms with Gasteiger partial charge in [-0.1, -0.05) is 294 Å². The number of unbranched alkanes of at least 4 members (excludes halogenated alkanes) is 43. The molecule has 0 aliphatic carbocycles. The summed E-state index contributed by atoms with van der Waals surface area (Å²) in [5.41, 5.74) is 0. The molecule has 2 unspecified atom stereocenters. The fourth-order valence-corrected chi connectivity index (χ4v) is 9.13. The van der Waals surface area contributed by atoms with E-state index in [1.54, 1.807) is 6.08 Å². The molecule has 0 aromatic carbocycles. The second kappa shape index (κ2) is 55.9. The third-order valence-corrected chi connectivity index (χ3v) is 13.6. The number of hydrogen-bond acceptors (Lipinski definition) is 3. The van der Waals surface area contributed by atoms with Gasteiger partial charge in [0, 0.05) is 6.42 Å². The number of amides is 1. The van der Waals surface area contributed by atoms with Gasteiger partial charge in [-0.05, 0) is 57.8 Å². The Kier molecular flexibility index (Phi) is 54.7. The highest BCUT2D eigenvalue weighted by atomic mass is 16.3. The standard InChI is InChI=1S/C60H115NO3/c1-3-5-7-9-11-13-15-17-19-21-23-24-25-26-27-28-29-30-31-32-33-34-35-36-38-39-41-43-45-47-49-51-53-55-59(63)58(57-62)61-60(64)56-54-52-50-48-46-44-42-40-37-22-20-18-16-14-12-10-8-6-4-2/h18,20,45,47,53,55,58-59,62-63H,3-17,19,21-44,46,48-52,54,56-57H2,1-2H3,(H,61,64)/b20-18-,47-45+,55-53+. The van der Waals surface area contributed by atoms with Crippen molar-refractivity contribution >= 4 is 5.91 Å². The number of allylic oxidation sites excluding steroid dienone is 5. The molecule has 1 amide bonds. The minimum atomic E-state index is -0.863. The predicted molar refractivity (Wildman–Crippen MR) is 285 cm³/mol. The van der Waals surface area contributed by atoms with Gasteiger partial charge >= 0.3 is 0 Å². The molecule has 0 aromatic heterocycles. The van der Waals surface area contributed by atoms with Crippen LogP contribution in [-0.2, 0) is 4.79 Å². The van der Waals surface area contributed by atoms with Crippen LogP contribution in [0.1, 0.15) is 322 Å². The van der Waals surface area contributed by atoms with Gasteiger partial charge in [-0.2, -0.15) is 0 Å². The summed E-state index contributed by atoms with van der Waals surface area (Å²) in [5, 5.41) is 23.1. The fourth-order valence-electron chi connectivity index (χ4n) is 9.13. The molecule has 0 rings (SSSR count). The average molecular weight is 899 g/mol. The quantitative estimate of drug-likeness (QED) is 0.0421. The Morgan fingerprint density at radius 3 is 0.906 bits per heavy atom. The van der Waals surface area contributed by atoms with Crippen molar-refractivity contribution in [3.05, 3.63) is 36.5 Å². The Bertz CT molecular complexity index is 974. The topological polar surface area (TPSA) is 69.6 Å². The van der Waals surface area contributed by atoms with E-state index >= 15 is 0 Å². The zero-order valence-corrected chi connectivity index (χ0v) is 43.6. The number of nitrogens with one attached hydrogen (secondary N) is 1. The van der Waals surface area contributed by atoms with Gasteiger partial charge in [0.25, 0.3) is 0 Å². The zero-order valence-electron chi connectivity index (χ0n) is 43.6. The smallest absolute Gasteiger partial charge is 0.220 e. The van der Waals surface area contributed by atoms with E-state index in [9.17, 15) is 15.0 Å². The summed E-state index contributed by atoms with van der Waals surface area (Å²) in [6, 6.07) is -0.640. The van der Waals surface area contributed by atoms with E-state index in [2.05, 4.69) is 43.5 Å². The maximum Gasteiger partial charge on any atom is 0.220 e. The Morgan fingerprint density at radius 2 is 0.609 bits per heavy atom. The second-order valence-corrected chi connectivity index (χ2v) is 20.1. The van der Waals surface area contributed by atoms with Crippen LogP contribution in [0.2, 0.25) is 0 Å². The molecule has 0 aromatic rings. The molecule has 0 radical (unpaired) electrons. The molecule has 378 valence electrons. The second-order valence-electron chi connectivity index (χ2n) is 20.1. The van der Waals surface area contributed by atoms with Gasteiger partial charge in [-0.25, -0.2) is 0 Å². The third kappa shape index (κ3) is 51.6. The molecular weight excluding hydrogens is 783 g/mol. The Balaban J connectivity index is 3.48. The minimum absolute atomic E-state index is 0.0726. The van der Waals surface area contributed by atoms with Gasteiger partial charge in [-0.3, -0.25) is 4.79 Å². The van der Waals surface area contributed by atoms with Gasteiger partial charge in [0.15, 0.2) is 0 Å². The summed E-state index contributed by atoms with van der Waals surface area (Å²) in [4.78, 5) is 12.5. The first-order valence-electron chi connectivity index (χ1n) is 29.2. The molecule has 0 saturated heterocycles. The maximum atomic E-state index is 12.5. The van der Waals surface area contributed by atoms with Crippen molar-refractivity contribution in [1.82, 2.24) is 5.32 Å². The maximum absolute atomic E-state index is 12.5. The van der Waals surface area contributed by atoms with Crippen LogP contribution in [0, 0.1) is 0 Å². The van der Waals surface area contributed by atoms with Crippen LogP contribution in [0.4, 0.5) is 0 Å². The summed E-state index contributed by atoms with van der Waals surface area (Å²) >= 11 is 0. The number of carbonyl (C=O) groups is 1. The number of hydrogen-bond donors (Lipinski definition) is 3. The van der Waals surface area contributed by atoms with Crippen LogP contribution in [0.15, 0.2) is 36.5 Å². The highest BCUT2D eigenvalue weighted by Crippen LogP contribution is 2.17. The third-order valence-electron chi connectivity index (χ3n) is 13.6. The van der Waals surface area contributed by atoms with Crippen molar-refractivity contribution < 1.29 is 15.0 Å². The molecule has 0 bridgehead atoms. The number of aliphatic hydroxyl groups excluding tert-OH is 2. The summed E-state index contributed by atoms with van der Waals surface area (Å²) < 4.78 is 0. The Hall–Kier alpha value is -1.39. The van der Waals surface area contributed by atoms with E-state index in [0.717, 1.165) is 32.1 Å². The molecule has 3 N–H and O–H groups in total. The summed E-state index contributed by atoms with van der Waals surface area (Å²) in [6.07, 6.45) is 76.1. The van der Waals surface area contributed by atoms with Crippen LogP contribution < -0.4 is 5.32 Å². The normalized spacial score (nSPS) is 13.0. The molecule has 64 heavy (non-hydrogen) atoms. The molecule has 2 atom stereocenters. The van der Waals surface area contributed by atoms with Crippen molar-refractivity contribution in [2.75, 3.05) is 6.61 Å². The molecule has 0 fully saturated rings. The first-order valence-corrected chi connectivity index (χ1v) is 29.2. The highest BCUT2D eigenvalue weighted by Gasteiger charge is 2.18. The van der Waals surface area contributed by atoms with Crippen LogP contribution in [0.3, 0.4) is 0 Å². The SMILES string of the molecule is CCCCCCCC/C=C\CCCCCCCCCCCC(=O)NC(CO)C(O)/C=C/CC/C=C/CCCCCCCCCCCCCCCCCCCCCCCCCCCCC. The van der Waals surface area contributed by atoms with Gasteiger partial charge in [0.05, 0.1) is 18.8 Å². The van der Waals surface area contributed by atoms with E-state index in [4.69, 9.17) is 0 Å². The molecule has 4 heteroatoms. The molecule has 0 saturated carbocycles. The molecule has 4 nitrogen and oxygen atoms in total. The van der Waals surface area contributed by atoms with Crippen molar-refractivity contribution in [2.45, 2.75) is 334 Å². The van der Waals surface area contributed by atoms with Crippen molar-refractivity contribution in [1.29, 1.82) is 0 Å². The van der Waals surface area contributed by atoms with Crippen LogP contribution in [0.5, 0.6) is 0 Å². The van der Waals surface area contributed by atoms with Gasteiger partial charge in [0.1, 0.15) is 0 Å². The lowest BCUT2D eigenvalue weighted by Crippen LogP contribution is -2.45. The summed E-state index contributed by atoms with van der Waals surface area (Å²) in [5.74, 6) is -0.0726. The molecule has 0 heterocycles. The monoisotopic (exact) mass is 898 g/mol. The molecule has 0 aliphatic rings. The van der Waals surface area contributed by atoms with Crippen molar-refractivity contribution in [3.8, 4) is 0 Å². The minimum Gasteiger partial charge on any atom is -0.394 e. The largest absolute Gasteiger partial charge is 0.394 e. The average Bonchev–Trinajstić information content (AvgIpc) is 3.30. The lowest BCUT2D eigenvalue weighted by Gasteiger charge is -2.19. The van der Waals surface area contributed by atoms with Crippen LogP contribution in [0.25, 0.3) is 0 Å². The first-order chi connectivity index (χ1) is 31.7. The van der Waals surface area contributed by atoms with Gasteiger partial charge in [0.2, 0.25) is 5.91 Å². The van der Waals surface area contributed by atoms with E-state index in [0.29, 0.717) is 6.42 Å². The lowest BCUT2D eigenvalue weighted by atomic mass is 10.0. The lowest BCUT2D eigenvalue weighted by molar-refractivity contribution is -0.123. The van der Waals surface area contributed by atoms with Gasteiger partial charge < -0.3 is 15.5 Å². The first kappa shape index (κ1) is 62.6. The van der Waals surface area contributed by atoms with E-state index in [1.165, 1.54) is 270 Å².